The summed E-state index contributed by atoms with van der Waals surface area (Å²) in [4.78, 5) is 3.84. The number of hydrogen-bond donors (Lipinski definition) is 1. The second kappa shape index (κ2) is 2.85. The molecule has 0 unspecified atom stereocenters. The fourth-order valence-electron chi connectivity index (χ4n) is 1.16. The number of anilines is 1. The molecule has 66 valence electrons. The molecule has 0 saturated heterocycles. The van der Waals surface area contributed by atoms with Gasteiger partial charge in [0.1, 0.15) is 11.3 Å². The number of nitrogen functional groups attached to an aromatic ring is 1. The predicted molar refractivity (Wildman–Crippen MR) is 51.1 cm³/mol. The van der Waals surface area contributed by atoms with E-state index in [0.29, 0.717) is 11.1 Å². The van der Waals surface area contributed by atoms with Crippen molar-refractivity contribution >= 4 is 28.2 Å². The first-order valence-corrected chi connectivity index (χ1v) is 4.06. The van der Waals surface area contributed by atoms with Gasteiger partial charge in [-0.1, -0.05) is 23.7 Å². The number of nitrogens with two attached hydrogens (primary N) is 1. The van der Waals surface area contributed by atoms with Crippen molar-refractivity contribution in [2.24, 2.45) is 0 Å². The Kier molecular flexibility index (Phi) is 1.81. The number of hydrogen-bond acceptors (Lipinski definition) is 2. The summed E-state index contributed by atoms with van der Waals surface area (Å²) in [6.07, 6.45) is 0. The summed E-state index contributed by atoms with van der Waals surface area (Å²) < 4.78 is 13.1. The van der Waals surface area contributed by atoms with Crippen LogP contribution in [0.4, 0.5) is 10.1 Å². The van der Waals surface area contributed by atoms with Crippen molar-refractivity contribution in [2.45, 2.75) is 0 Å². The molecule has 13 heavy (non-hydrogen) atoms. The molecule has 0 amide bonds. The van der Waals surface area contributed by atoms with Gasteiger partial charge < -0.3 is 5.73 Å². The van der Waals surface area contributed by atoms with Crippen molar-refractivity contribution in [2.75, 3.05) is 5.73 Å². The van der Waals surface area contributed by atoms with Crippen LogP contribution in [0.3, 0.4) is 0 Å². The first kappa shape index (κ1) is 8.26. The van der Waals surface area contributed by atoms with Gasteiger partial charge in [0.05, 0.1) is 5.69 Å². The lowest BCUT2D eigenvalue weighted by molar-refractivity contribution is 0.637. The summed E-state index contributed by atoms with van der Waals surface area (Å²) in [5, 5.41) is 0.791. The maximum absolute atomic E-state index is 13.1. The summed E-state index contributed by atoms with van der Waals surface area (Å²) in [7, 11) is 0. The second-order valence-electron chi connectivity index (χ2n) is 2.68. The topological polar surface area (TPSA) is 38.9 Å². The maximum atomic E-state index is 13.1. The van der Waals surface area contributed by atoms with E-state index in [1.807, 2.05) is 0 Å². The van der Waals surface area contributed by atoms with Crippen LogP contribution in [0.25, 0.3) is 10.9 Å². The van der Waals surface area contributed by atoms with E-state index in [9.17, 15) is 4.39 Å². The fourth-order valence-corrected chi connectivity index (χ4v) is 1.30. The van der Waals surface area contributed by atoms with Crippen LogP contribution < -0.4 is 5.73 Å². The van der Waals surface area contributed by atoms with Crippen molar-refractivity contribution in [3.05, 3.63) is 35.2 Å². The van der Waals surface area contributed by atoms with E-state index in [-0.39, 0.29) is 16.5 Å². The highest BCUT2D eigenvalue weighted by atomic mass is 35.5. The monoisotopic (exact) mass is 196 g/mol. The van der Waals surface area contributed by atoms with E-state index >= 15 is 0 Å². The highest BCUT2D eigenvalue weighted by molar-refractivity contribution is 6.32. The summed E-state index contributed by atoms with van der Waals surface area (Å²) >= 11 is 5.66. The van der Waals surface area contributed by atoms with Crippen LogP contribution in [-0.2, 0) is 0 Å². The highest BCUT2D eigenvalue weighted by Gasteiger charge is 2.04. The molecule has 1 aromatic carbocycles. The smallest absolute Gasteiger partial charge is 0.152 e. The van der Waals surface area contributed by atoms with E-state index in [1.165, 1.54) is 6.07 Å². The van der Waals surface area contributed by atoms with E-state index in [0.717, 1.165) is 0 Å². The Balaban J connectivity index is 2.89. The Hall–Kier alpha value is -1.35. The molecule has 4 heteroatoms. The number of pyridine rings is 1. The van der Waals surface area contributed by atoms with Gasteiger partial charge in [0.15, 0.2) is 5.15 Å². The van der Waals surface area contributed by atoms with Crippen molar-refractivity contribution in [3.8, 4) is 0 Å². The predicted octanol–water partition coefficient (Wildman–Crippen LogP) is 2.61. The molecule has 0 bridgehead atoms. The standard InChI is InChI=1S/C9H6ClFN2/c10-9-7(12)4-5-2-1-3-6(11)8(5)13-9/h1-4H,12H2. The maximum Gasteiger partial charge on any atom is 0.152 e. The Bertz CT molecular complexity index is 470. The normalized spacial score (nSPS) is 10.6. The Morgan fingerprint density at radius 2 is 2.15 bits per heavy atom. The van der Waals surface area contributed by atoms with Crippen molar-refractivity contribution in [1.82, 2.24) is 4.98 Å². The van der Waals surface area contributed by atoms with Gasteiger partial charge in [-0.2, -0.15) is 0 Å². The third-order valence-electron chi connectivity index (χ3n) is 1.78. The first-order valence-electron chi connectivity index (χ1n) is 3.69. The van der Waals surface area contributed by atoms with Crippen molar-refractivity contribution in [1.29, 1.82) is 0 Å². The van der Waals surface area contributed by atoms with Crippen molar-refractivity contribution in [3.63, 3.8) is 0 Å². The molecular formula is C9H6ClFN2. The Labute approximate surface area is 79.1 Å². The molecule has 0 spiro atoms. The molecule has 0 aliphatic rings. The fraction of sp³-hybridized carbons (Fsp3) is 0. The molecule has 0 fully saturated rings. The number of nitrogens with zero attached hydrogens (tertiary/aromatic N) is 1. The average molecular weight is 197 g/mol. The minimum absolute atomic E-state index is 0.137. The van der Waals surface area contributed by atoms with Crippen LogP contribution in [0.5, 0.6) is 0 Å². The number of para-hydroxylation sites is 1. The van der Waals surface area contributed by atoms with Gasteiger partial charge in [0, 0.05) is 5.39 Å². The third kappa shape index (κ3) is 1.31. The molecule has 2 rings (SSSR count). The molecule has 1 heterocycles. The molecule has 2 aromatic rings. The van der Waals surface area contributed by atoms with E-state index < -0.39 is 0 Å². The SMILES string of the molecule is Nc1cc2cccc(F)c2nc1Cl. The molecule has 0 atom stereocenters. The summed E-state index contributed by atoms with van der Waals surface area (Å²) in [6, 6.07) is 6.28. The van der Waals surface area contributed by atoms with Crippen molar-refractivity contribution < 1.29 is 4.39 Å². The van der Waals surface area contributed by atoms with E-state index in [2.05, 4.69) is 4.98 Å². The molecule has 2 nitrogen and oxygen atoms in total. The number of benzene rings is 1. The van der Waals surface area contributed by atoms with Gasteiger partial charge in [0.25, 0.3) is 0 Å². The highest BCUT2D eigenvalue weighted by Crippen LogP contribution is 2.23. The quantitative estimate of drug-likeness (QED) is 0.658. The Morgan fingerprint density at radius 1 is 1.38 bits per heavy atom. The number of rotatable bonds is 0. The molecule has 0 aliphatic carbocycles. The lowest BCUT2D eigenvalue weighted by atomic mass is 10.2. The zero-order valence-electron chi connectivity index (χ0n) is 6.59. The van der Waals surface area contributed by atoms with Gasteiger partial charge in [0.2, 0.25) is 0 Å². The molecular weight excluding hydrogens is 191 g/mol. The minimum atomic E-state index is -0.389. The average Bonchev–Trinajstić information content (AvgIpc) is 2.09. The molecule has 0 radical (unpaired) electrons. The zero-order chi connectivity index (χ0) is 9.42. The summed E-state index contributed by atoms with van der Waals surface area (Å²) in [6.45, 7) is 0. The molecule has 1 aromatic heterocycles. The second-order valence-corrected chi connectivity index (χ2v) is 3.04. The first-order chi connectivity index (χ1) is 6.18. The molecule has 0 aliphatic heterocycles. The summed E-state index contributed by atoms with van der Waals surface area (Å²) in [5.74, 6) is -0.389. The lowest BCUT2D eigenvalue weighted by Crippen LogP contribution is -1.91. The van der Waals surface area contributed by atoms with Crippen LogP contribution in [0, 0.1) is 5.82 Å². The number of halogens is 2. The molecule has 2 N–H and O–H groups in total. The van der Waals surface area contributed by atoms with Crippen LogP contribution in [0.2, 0.25) is 5.15 Å². The van der Waals surface area contributed by atoms with E-state index in [4.69, 9.17) is 17.3 Å². The van der Waals surface area contributed by atoms with Gasteiger partial charge in [-0.05, 0) is 12.1 Å². The van der Waals surface area contributed by atoms with Crippen LogP contribution in [0.15, 0.2) is 24.3 Å². The van der Waals surface area contributed by atoms with Gasteiger partial charge >= 0.3 is 0 Å². The van der Waals surface area contributed by atoms with Crippen LogP contribution in [-0.4, -0.2) is 4.98 Å². The summed E-state index contributed by atoms with van der Waals surface area (Å²) in [5.41, 5.74) is 6.13. The van der Waals surface area contributed by atoms with E-state index in [1.54, 1.807) is 18.2 Å². The van der Waals surface area contributed by atoms with Crippen LogP contribution >= 0.6 is 11.6 Å². The number of aromatic nitrogens is 1. The van der Waals surface area contributed by atoms with Gasteiger partial charge in [-0.3, -0.25) is 0 Å². The van der Waals surface area contributed by atoms with Gasteiger partial charge in [-0.25, -0.2) is 9.37 Å². The lowest BCUT2D eigenvalue weighted by Gasteiger charge is -2.01. The third-order valence-corrected chi connectivity index (χ3v) is 2.08. The van der Waals surface area contributed by atoms with Gasteiger partial charge in [-0.15, -0.1) is 0 Å². The van der Waals surface area contributed by atoms with Crippen LogP contribution in [0.1, 0.15) is 0 Å². The Morgan fingerprint density at radius 3 is 2.92 bits per heavy atom. The zero-order valence-corrected chi connectivity index (χ0v) is 7.35. The molecule has 0 saturated carbocycles. The largest absolute Gasteiger partial charge is 0.396 e. The minimum Gasteiger partial charge on any atom is -0.396 e. The number of fused-ring (bicyclic) bond motifs is 1.